The van der Waals surface area contributed by atoms with Crippen molar-refractivity contribution in [1.29, 1.82) is 0 Å². The summed E-state index contributed by atoms with van der Waals surface area (Å²) in [5, 5.41) is 0. The van der Waals surface area contributed by atoms with Gasteiger partial charge in [0.2, 0.25) is 10.0 Å². The van der Waals surface area contributed by atoms with Crippen LogP contribution in [0, 0.1) is 0 Å². The Labute approximate surface area is 167 Å². The molecule has 0 aliphatic rings. The van der Waals surface area contributed by atoms with E-state index in [1.54, 1.807) is 34.5 Å². The minimum Gasteiger partial charge on any atom is -0.296 e. The van der Waals surface area contributed by atoms with Crippen molar-refractivity contribution in [2.45, 2.75) is 30.5 Å². The summed E-state index contributed by atoms with van der Waals surface area (Å²) in [6.07, 6.45) is 0. The van der Waals surface area contributed by atoms with Crippen molar-refractivity contribution in [3.05, 3.63) is 63.8 Å². The summed E-state index contributed by atoms with van der Waals surface area (Å²) in [6, 6.07) is 15.0. The first-order valence-electron chi connectivity index (χ1n) is 8.65. The van der Waals surface area contributed by atoms with Gasteiger partial charge in [0.15, 0.2) is 0 Å². The van der Waals surface area contributed by atoms with Crippen molar-refractivity contribution in [3.63, 3.8) is 0 Å². The van der Waals surface area contributed by atoms with Gasteiger partial charge < -0.3 is 0 Å². The summed E-state index contributed by atoms with van der Waals surface area (Å²) < 4.78 is 30.1. The van der Waals surface area contributed by atoms with Crippen LogP contribution in [0.4, 0.5) is 0 Å². The predicted molar refractivity (Wildman–Crippen MR) is 114 cm³/mol. The normalized spacial score (nSPS) is 12.1. The Morgan fingerprint density at radius 1 is 1.15 bits per heavy atom. The summed E-state index contributed by atoms with van der Waals surface area (Å²) in [7, 11) is -3.59. The molecular weight excluding hydrogens is 400 g/mol. The number of nitrogens with zero attached hydrogens (tertiary/aromatic N) is 1. The van der Waals surface area contributed by atoms with Gasteiger partial charge in [0.1, 0.15) is 0 Å². The van der Waals surface area contributed by atoms with Crippen molar-refractivity contribution in [2.75, 3.05) is 12.3 Å². The Balaban J connectivity index is 1.63. The lowest BCUT2D eigenvalue weighted by atomic mass is 10.2. The van der Waals surface area contributed by atoms with Gasteiger partial charge in [-0.1, -0.05) is 41.7 Å². The second-order valence-electron chi connectivity index (χ2n) is 6.40. The first-order valence-corrected chi connectivity index (χ1v) is 12.1. The number of fused-ring (bicyclic) bond motifs is 1. The zero-order chi connectivity index (χ0) is 19.4. The summed E-state index contributed by atoms with van der Waals surface area (Å²) in [6.45, 7) is 4.24. The van der Waals surface area contributed by atoms with E-state index in [2.05, 4.69) is 16.9 Å². The lowest BCUT2D eigenvalue weighted by Crippen LogP contribution is -2.26. The van der Waals surface area contributed by atoms with Gasteiger partial charge >= 0.3 is 4.87 Å². The van der Waals surface area contributed by atoms with Crippen molar-refractivity contribution in [3.8, 4) is 0 Å². The number of aromatic nitrogens is 1. The zero-order valence-electron chi connectivity index (χ0n) is 15.2. The van der Waals surface area contributed by atoms with Crippen LogP contribution in [0.25, 0.3) is 10.2 Å². The summed E-state index contributed by atoms with van der Waals surface area (Å²) in [4.78, 5) is 12.2. The number of benzene rings is 2. The number of rotatable bonds is 8. The summed E-state index contributed by atoms with van der Waals surface area (Å²) in [5.41, 5.74) is 2.00. The molecule has 0 amide bonds. The van der Waals surface area contributed by atoms with Gasteiger partial charge in [-0.05, 0) is 37.6 Å². The molecule has 0 unspecified atom stereocenters. The van der Waals surface area contributed by atoms with E-state index in [9.17, 15) is 13.2 Å². The molecular formula is C19H22N2O3S3. The topological polar surface area (TPSA) is 68.2 Å². The van der Waals surface area contributed by atoms with Crippen LogP contribution in [-0.2, 0) is 15.8 Å². The van der Waals surface area contributed by atoms with E-state index in [0.29, 0.717) is 17.0 Å². The van der Waals surface area contributed by atoms with E-state index >= 15 is 0 Å². The molecule has 1 heterocycles. The van der Waals surface area contributed by atoms with Gasteiger partial charge in [-0.2, -0.15) is 11.8 Å². The van der Waals surface area contributed by atoms with Crippen molar-refractivity contribution in [2.24, 2.45) is 0 Å². The molecule has 2 aromatic carbocycles. The highest BCUT2D eigenvalue weighted by molar-refractivity contribution is 7.98. The molecule has 0 radical (unpaired) electrons. The van der Waals surface area contributed by atoms with Gasteiger partial charge in [-0.15, -0.1) is 0 Å². The Hall–Kier alpha value is -1.61. The van der Waals surface area contributed by atoms with Crippen LogP contribution < -0.4 is 9.60 Å². The molecule has 0 saturated carbocycles. The fourth-order valence-corrected chi connectivity index (χ4v) is 5.90. The largest absolute Gasteiger partial charge is 0.308 e. The number of thiazole rings is 1. The van der Waals surface area contributed by atoms with Gasteiger partial charge in [0.05, 0.1) is 15.1 Å². The molecule has 0 aliphatic carbocycles. The molecule has 0 spiro atoms. The molecule has 0 atom stereocenters. The summed E-state index contributed by atoms with van der Waals surface area (Å²) >= 11 is 2.76. The van der Waals surface area contributed by atoms with Crippen LogP contribution in [0.1, 0.15) is 25.5 Å². The molecule has 8 heteroatoms. The maximum atomic E-state index is 12.5. The number of thioether (sulfide) groups is 1. The van der Waals surface area contributed by atoms with Crippen LogP contribution in [-0.4, -0.2) is 25.3 Å². The van der Waals surface area contributed by atoms with Crippen molar-refractivity contribution in [1.82, 2.24) is 9.29 Å². The molecule has 0 fully saturated rings. The SMILES string of the molecule is CC(C)n1c(=O)sc2cc(S(=O)(=O)NCCSCc3ccccc3)ccc21. The predicted octanol–water partition coefficient (Wildman–Crippen LogP) is 3.86. The Morgan fingerprint density at radius 2 is 1.89 bits per heavy atom. The molecule has 1 aromatic heterocycles. The van der Waals surface area contributed by atoms with Crippen molar-refractivity contribution < 1.29 is 8.42 Å². The molecule has 3 aromatic rings. The van der Waals surface area contributed by atoms with E-state index in [1.807, 2.05) is 32.0 Å². The van der Waals surface area contributed by atoms with E-state index in [0.717, 1.165) is 22.6 Å². The third-order valence-corrected chi connectivity index (χ3v) is 7.47. The maximum Gasteiger partial charge on any atom is 0.308 e. The first kappa shape index (κ1) is 20.1. The molecule has 0 aliphatic heterocycles. The highest BCUT2D eigenvalue weighted by atomic mass is 32.2. The quantitative estimate of drug-likeness (QED) is 0.560. The third kappa shape index (κ3) is 4.82. The standard InChI is InChI=1S/C19H22N2O3S3/c1-14(2)21-17-9-8-16(12-18(17)26-19(21)22)27(23,24)20-10-11-25-13-15-6-4-3-5-7-15/h3-9,12,14,20H,10-11,13H2,1-2H3. The highest BCUT2D eigenvalue weighted by Crippen LogP contribution is 2.24. The Bertz CT molecular complexity index is 1070. The van der Waals surface area contributed by atoms with Crippen LogP contribution in [0.5, 0.6) is 0 Å². The van der Waals surface area contributed by atoms with Gasteiger partial charge in [0, 0.05) is 24.1 Å². The Kier molecular flexibility index (Phi) is 6.41. The van der Waals surface area contributed by atoms with Crippen molar-refractivity contribution >= 4 is 43.3 Å². The van der Waals surface area contributed by atoms with Crippen LogP contribution >= 0.6 is 23.1 Å². The fourth-order valence-electron chi connectivity index (χ4n) is 2.77. The van der Waals surface area contributed by atoms with Gasteiger partial charge in [-0.3, -0.25) is 9.36 Å². The second kappa shape index (κ2) is 8.60. The first-order chi connectivity index (χ1) is 12.9. The van der Waals surface area contributed by atoms with E-state index in [-0.39, 0.29) is 15.8 Å². The maximum absolute atomic E-state index is 12.5. The average Bonchev–Trinajstić information content (AvgIpc) is 2.97. The highest BCUT2D eigenvalue weighted by Gasteiger charge is 2.17. The average molecular weight is 423 g/mol. The number of sulfonamides is 1. The Morgan fingerprint density at radius 3 is 2.59 bits per heavy atom. The number of hydrogen-bond donors (Lipinski definition) is 1. The van der Waals surface area contributed by atoms with Crippen LogP contribution in [0.2, 0.25) is 0 Å². The van der Waals surface area contributed by atoms with Gasteiger partial charge in [0.25, 0.3) is 0 Å². The molecule has 144 valence electrons. The van der Waals surface area contributed by atoms with Gasteiger partial charge in [-0.25, -0.2) is 13.1 Å². The minimum atomic E-state index is -3.59. The van der Waals surface area contributed by atoms with Crippen LogP contribution in [0.3, 0.4) is 0 Å². The third-order valence-electron chi connectivity index (χ3n) is 4.06. The number of hydrogen-bond acceptors (Lipinski definition) is 5. The monoisotopic (exact) mass is 422 g/mol. The fraction of sp³-hybridized carbons (Fsp3) is 0.316. The molecule has 5 nitrogen and oxygen atoms in total. The molecule has 27 heavy (non-hydrogen) atoms. The molecule has 0 bridgehead atoms. The lowest BCUT2D eigenvalue weighted by molar-refractivity contribution is 0.584. The van der Waals surface area contributed by atoms with E-state index in [1.165, 1.54) is 5.56 Å². The smallest absolute Gasteiger partial charge is 0.296 e. The van der Waals surface area contributed by atoms with E-state index in [4.69, 9.17) is 0 Å². The lowest BCUT2D eigenvalue weighted by Gasteiger charge is -2.09. The summed E-state index contributed by atoms with van der Waals surface area (Å²) in [5.74, 6) is 1.54. The van der Waals surface area contributed by atoms with E-state index < -0.39 is 10.0 Å². The zero-order valence-corrected chi connectivity index (χ0v) is 17.7. The molecule has 0 saturated heterocycles. The molecule has 1 N–H and O–H groups in total. The minimum absolute atomic E-state index is 0.0356. The van der Waals surface area contributed by atoms with Crippen LogP contribution in [0.15, 0.2) is 58.2 Å². The number of nitrogens with one attached hydrogen (secondary N) is 1. The second-order valence-corrected chi connectivity index (χ2v) is 10.3. The molecule has 3 rings (SSSR count).